The van der Waals surface area contributed by atoms with Crippen LogP contribution in [0.15, 0.2) is 79.2 Å². The number of hydrogen-bond acceptors (Lipinski definition) is 6. The topological polar surface area (TPSA) is 104 Å². The number of pyridine rings is 1. The molecular formula is C27H25N3O5S. The van der Waals surface area contributed by atoms with E-state index in [0.29, 0.717) is 36.7 Å². The van der Waals surface area contributed by atoms with E-state index in [1.807, 2.05) is 41.0 Å². The second-order valence-corrected chi connectivity index (χ2v) is 11.4. The third-order valence-electron chi connectivity index (χ3n) is 6.91. The Labute approximate surface area is 208 Å². The lowest BCUT2D eigenvalue weighted by molar-refractivity contribution is -0.120. The molecule has 0 saturated carbocycles. The first-order chi connectivity index (χ1) is 17.3. The quantitative estimate of drug-likeness (QED) is 0.384. The first kappa shape index (κ1) is 22.9. The monoisotopic (exact) mass is 503 g/mol. The van der Waals surface area contributed by atoms with Crippen molar-refractivity contribution < 1.29 is 22.4 Å². The molecular weight excluding hydrogens is 478 g/mol. The second kappa shape index (κ2) is 8.26. The second-order valence-electron chi connectivity index (χ2n) is 9.76. The number of benzene rings is 2. The van der Waals surface area contributed by atoms with Crippen LogP contribution < -0.4 is 4.74 Å². The van der Waals surface area contributed by atoms with Crippen LogP contribution in [0.1, 0.15) is 18.9 Å². The van der Waals surface area contributed by atoms with Crippen LogP contribution >= 0.6 is 0 Å². The summed E-state index contributed by atoms with van der Waals surface area (Å²) < 4.78 is 47.0. The molecule has 2 aromatic carbocycles. The fraction of sp³-hybridized carbons (Fsp3) is 0.259. The van der Waals surface area contributed by atoms with Gasteiger partial charge in [-0.3, -0.25) is 9.12 Å². The number of imidazole rings is 1. The number of fused-ring (bicyclic) bond motifs is 2. The van der Waals surface area contributed by atoms with Crippen LogP contribution in [0, 0.1) is 5.41 Å². The van der Waals surface area contributed by atoms with Crippen LogP contribution in [-0.2, 0) is 19.6 Å². The first-order valence-corrected chi connectivity index (χ1v) is 13.1. The van der Waals surface area contributed by atoms with Gasteiger partial charge in [0.15, 0.2) is 0 Å². The lowest BCUT2D eigenvalue weighted by Gasteiger charge is -2.37. The van der Waals surface area contributed by atoms with Gasteiger partial charge >= 0.3 is 0 Å². The van der Waals surface area contributed by atoms with E-state index in [-0.39, 0.29) is 11.8 Å². The zero-order chi connectivity index (χ0) is 25.0. The van der Waals surface area contributed by atoms with E-state index in [1.54, 1.807) is 36.7 Å². The molecule has 0 radical (unpaired) electrons. The van der Waals surface area contributed by atoms with Crippen molar-refractivity contribution in [3.05, 3.63) is 84.7 Å². The maximum Gasteiger partial charge on any atom is 0.278 e. The van der Waals surface area contributed by atoms with E-state index in [2.05, 4.69) is 11.9 Å². The molecule has 2 aromatic heterocycles. The molecule has 184 valence electrons. The lowest BCUT2D eigenvalue weighted by Crippen LogP contribution is -2.44. The molecule has 0 amide bonds. The zero-order valence-electron chi connectivity index (χ0n) is 19.7. The van der Waals surface area contributed by atoms with Gasteiger partial charge in [-0.15, -0.1) is 0 Å². The van der Waals surface area contributed by atoms with Gasteiger partial charge in [-0.2, -0.15) is 8.42 Å². The minimum Gasteiger partial charge on any atom is -0.493 e. The maximum atomic E-state index is 12.6. The predicted molar refractivity (Wildman–Crippen MR) is 137 cm³/mol. The van der Waals surface area contributed by atoms with Crippen LogP contribution in [0.5, 0.6) is 5.75 Å². The molecule has 1 aliphatic heterocycles. The molecule has 1 fully saturated rings. The highest BCUT2D eigenvalue weighted by Crippen LogP contribution is 2.41. The standard InChI is InChI=1S/C27H25N3O5S/c1-26(15-34-16-26)17-35-20-9-10-23-22(14-20)28-18-30(23)24-11-8-19-6-5-7-21(25(19)29-24)27(36(31,32)33)12-3-2-4-13-27/h2-12,14,18H,13,15-17H2,1H3,(H,31,32,33). The van der Waals surface area contributed by atoms with Crippen molar-refractivity contribution in [2.45, 2.75) is 18.1 Å². The number of nitrogens with zero attached hydrogens (tertiary/aromatic N) is 3. The van der Waals surface area contributed by atoms with Crippen LogP contribution in [0.4, 0.5) is 0 Å². The summed E-state index contributed by atoms with van der Waals surface area (Å²) in [5.41, 5.74) is 2.58. The van der Waals surface area contributed by atoms with Gasteiger partial charge in [0.1, 0.15) is 22.6 Å². The first-order valence-electron chi connectivity index (χ1n) is 11.7. The van der Waals surface area contributed by atoms with Crippen LogP contribution in [-0.4, -0.2) is 47.3 Å². The summed E-state index contributed by atoms with van der Waals surface area (Å²) in [5, 5.41) is 0.774. The van der Waals surface area contributed by atoms with Crippen molar-refractivity contribution in [1.29, 1.82) is 0 Å². The average Bonchev–Trinajstić information content (AvgIpc) is 3.29. The molecule has 0 spiro atoms. The van der Waals surface area contributed by atoms with Crippen molar-refractivity contribution in [2.75, 3.05) is 19.8 Å². The molecule has 9 heteroatoms. The van der Waals surface area contributed by atoms with Gasteiger partial charge in [-0.1, -0.05) is 49.4 Å². The Morgan fingerprint density at radius 3 is 2.72 bits per heavy atom. The number of para-hydroxylation sites is 1. The summed E-state index contributed by atoms with van der Waals surface area (Å²) in [6.07, 6.45) is 8.47. The Bertz CT molecular complexity index is 1650. The molecule has 1 unspecified atom stereocenters. The summed E-state index contributed by atoms with van der Waals surface area (Å²) in [5.74, 6) is 1.33. The van der Waals surface area contributed by atoms with Gasteiger partial charge in [0.25, 0.3) is 10.1 Å². The van der Waals surface area contributed by atoms with Gasteiger partial charge in [0.2, 0.25) is 0 Å². The Kier molecular flexibility index (Phi) is 5.26. The molecule has 1 aliphatic carbocycles. The van der Waals surface area contributed by atoms with E-state index in [0.717, 1.165) is 22.2 Å². The van der Waals surface area contributed by atoms with E-state index >= 15 is 0 Å². The summed E-state index contributed by atoms with van der Waals surface area (Å²) in [6, 6.07) is 14.9. The maximum absolute atomic E-state index is 12.6. The van der Waals surface area contributed by atoms with Crippen molar-refractivity contribution in [3.8, 4) is 11.6 Å². The van der Waals surface area contributed by atoms with Gasteiger partial charge in [0.05, 0.1) is 36.4 Å². The molecule has 2 aliphatic rings. The molecule has 1 atom stereocenters. The predicted octanol–water partition coefficient (Wildman–Crippen LogP) is 4.59. The zero-order valence-corrected chi connectivity index (χ0v) is 20.5. The van der Waals surface area contributed by atoms with Crippen molar-refractivity contribution in [1.82, 2.24) is 14.5 Å². The smallest absolute Gasteiger partial charge is 0.278 e. The van der Waals surface area contributed by atoms with Crippen molar-refractivity contribution in [3.63, 3.8) is 0 Å². The van der Waals surface area contributed by atoms with Crippen LogP contribution in [0.2, 0.25) is 0 Å². The van der Waals surface area contributed by atoms with E-state index in [9.17, 15) is 13.0 Å². The summed E-state index contributed by atoms with van der Waals surface area (Å²) in [7, 11) is -4.47. The fourth-order valence-electron chi connectivity index (χ4n) is 4.80. The lowest BCUT2D eigenvalue weighted by atomic mass is 9.89. The van der Waals surface area contributed by atoms with Gasteiger partial charge in [0, 0.05) is 22.4 Å². The normalized spacial score (nSPS) is 21.1. The molecule has 36 heavy (non-hydrogen) atoms. The number of aromatic nitrogens is 3. The van der Waals surface area contributed by atoms with Crippen molar-refractivity contribution in [2.24, 2.45) is 5.41 Å². The Balaban J connectivity index is 1.41. The Hall–Kier alpha value is -3.53. The third kappa shape index (κ3) is 3.71. The van der Waals surface area contributed by atoms with E-state index in [4.69, 9.17) is 14.5 Å². The number of rotatable bonds is 6. The molecule has 1 saturated heterocycles. The highest BCUT2D eigenvalue weighted by Gasteiger charge is 2.43. The van der Waals surface area contributed by atoms with Crippen molar-refractivity contribution >= 4 is 32.1 Å². The molecule has 3 heterocycles. The summed E-state index contributed by atoms with van der Waals surface area (Å²) in [6.45, 7) is 4.11. The number of ether oxygens (including phenoxy) is 2. The molecule has 8 nitrogen and oxygen atoms in total. The molecule has 0 bridgehead atoms. The van der Waals surface area contributed by atoms with E-state index < -0.39 is 14.9 Å². The molecule has 6 rings (SSSR count). The average molecular weight is 504 g/mol. The van der Waals surface area contributed by atoms with Crippen LogP contribution in [0.3, 0.4) is 0 Å². The molecule has 1 N–H and O–H groups in total. The van der Waals surface area contributed by atoms with Crippen LogP contribution in [0.25, 0.3) is 27.8 Å². The van der Waals surface area contributed by atoms with Gasteiger partial charge in [-0.25, -0.2) is 9.97 Å². The minimum atomic E-state index is -4.47. The summed E-state index contributed by atoms with van der Waals surface area (Å²) >= 11 is 0. The Morgan fingerprint density at radius 2 is 2.00 bits per heavy atom. The van der Waals surface area contributed by atoms with E-state index in [1.165, 1.54) is 6.08 Å². The number of allylic oxidation sites excluding steroid dienone is 3. The fourth-order valence-corrected chi connectivity index (χ4v) is 5.80. The summed E-state index contributed by atoms with van der Waals surface area (Å²) in [4.78, 5) is 9.40. The third-order valence-corrected chi connectivity index (χ3v) is 8.35. The highest BCUT2D eigenvalue weighted by atomic mass is 32.2. The minimum absolute atomic E-state index is 0.0454. The van der Waals surface area contributed by atoms with Gasteiger partial charge < -0.3 is 9.47 Å². The SMILES string of the molecule is CC1(COc2ccc3c(c2)ncn3-c2ccc3cccc(C4(S(=O)(=O)O)C=CC=CC4)c3n2)COC1. The highest BCUT2D eigenvalue weighted by molar-refractivity contribution is 7.87. The largest absolute Gasteiger partial charge is 0.493 e. The van der Waals surface area contributed by atoms with Gasteiger partial charge in [-0.05, 0) is 30.7 Å². The Morgan fingerprint density at radius 1 is 1.14 bits per heavy atom. The molecule has 4 aromatic rings. The number of hydrogen-bond donors (Lipinski definition) is 1.